The molecule has 2 aliphatic rings. The largest absolute Gasteiger partial charge is 0.481 e. The number of hydrogen-bond donors (Lipinski definition) is 10. The Balaban J connectivity index is -0.00000130. The molecule has 2 atom stereocenters. The van der Waals surface area contributed by atoms with Gasteiger partial charge in [0.1, 0.15) is 0 Å². The molecule has 467 valence electrons. The first-order valence-electron chi connectivity index (χ1n) is 25.2. The van der Waals surface area contributed by atoms with E-state index >= 15 is 0 Å². The van der Waals surface area contributed by atoms with E-state index < -0.39 is 60.0 Å². The van der Waals surface area contributed by atoms with Crippen LogP contribution in [-0.4, -0.2) is 329 Å². The van der Waals surface area contributed by atoms with Crippen molar-refractivity contribution in [2.24, 2.45) is 5.11 Å². The number of aromatic nitrogens is 3. The summed E-state index contributed by atoms with van der Waals surface area (Å²) in [5, 5.41) is 104. The van der Waals surface area contributed by atoms with Gasteiger partial charge in [-0.1, -0.05) is 10.3 Å². The van der Waals surface area contributed by atoms with E-state index in [9.17, 15) is 74.1 Å². The van der Waals surface area contributed by atoms with Gasteiger partial charge in [-0.15, -0.1) is 17.4 Å². The molecule has 0 amide bonds. The van der Waals surface area contributed by atoms with E-state index in [2.05, 4.69) is 26.3 Å². The average molecular weight is 1490 g/mol. The fourth-order valence-electron chi connectivity index (χ4n) is 7.98. The van der Waals surface area contributed by atoms with Crippen LogP contribution in [0.2, 0.25) is 0 Å². The van der Waals surface area contributed by atoms with Gasteiger partial charge in [0.2, 0.25) is 0 Å². The molecule has 3 heterocycles. The molecular weight excluding hydrogens is 1410 g/mol. The summed E-state index contributed by atoms with van der Waals surface area (Å²) in [4.78, 5) is 105. The van der Waals surface area contributed by atoms with E-state index in [0.717, 1.165) is 0 Å². The summed E-state index contributed by atoms with van der Waals surface area (Å²) < 4.78 is 1.49. The van der Waals surface area contributed by atoms with Crippen molar-refractivity contribution < 1.29 is 186 Å². The second-order valence-corrected chi connectivity index (χ2v) is 18.5. The normalized spacial score (nSPS) is 17.0. The topological polar surface area (TPSA) is 444 Å². The molecular formula is C46H78CuGd2N14O18. The van der Waals surface area contributed by atoms with Crippen molar-refractivity contribution in [3.63, 3.8) is 0 Å². The minimum atomic E-state index is -1.02. The number of terminal acetylenes is 1. The maximum absolute atomic E-state index is 11.4. The Kier molecular flexibility index (Phi) is 49.3. The molecule has 1 aromatic heterocycles. The van der Waals surface area contributed by atoms with Crippen LogP contribution in [0, 0.1) is 92.2 Å². The van der Waals surface area contributed by atoms with Crippen LogP contribution in [0.15, 0.2) is 11.3 Å². The first-order chi connectivity index (χ1) is 37.0. The summed E-state index contributed by atoms with van der Waals surface area (Å²) in [6.45, 7) is 4.75. The van der Waals surface area contributed by atoms with Gasteiger partial charge in [0.25, 0.3) is 0 Å². The van der Waals surface area contributed by atoms with Gasteiger partial charge in [-0.05, 0) is 24.8 Å². The van der Waals surface area contributed by atoms with Crippen molar-refractivity contribution in [1.29, 1.82) is 0 Å². The number of aliphatic hydroxyl groups excluding tert-OH is 2. The fourth-order valence-corrected chi connectivity index (χ4v) is 7.98. The fraction of sp³-hybridized carbons (Fsp3) is 0.739. The zero-order valence-corrected chi connectivity index (χ0v) is 50.4. The number of unbranched alkanes of at least 4 members (excludes halogenated alkanes) is 1. The van der Waals surface area contributed by atoms with E-state index in [0.29, 0.717) is 136 Å². The molecule has 3 rings (SSSR count). The Labute approximate surface area is 544 Å². The van der Waals surface area contributed by atoms with Gasteiger partial charge in [-0.2, -0.15) is 0 Å². The molecule has 2 aliphatic heterocycles. The minimum Gasteiger partial charge on any atom is -0.481 e. The van der Waals surface area contributed by atoms with Gasteiger partial charge in [-0.3, -0.25) is 77.6 Å². The van der Waals surface area contributed by atoms with Crippen LogP contribution in [0.3, 0.4) is 0 Å². The molecule has 0 aliphatic carbocycles. The quantitative estimate of drug-likeness (QED) is 0.0102. The predicted octanol–water partition coefficient (Wildman–Crippen LogP) is -3.47. The SMILES string of the molecule is C#CCCCC(=O)O.O=C(O)CCCc1cn(CC(O)CN2CCN(CC(=O)O)CCN(CC(=O)O)CCN(CC(=O)O)CC2)nn1.[Cu].[Gd].[Gd].[N-]=[N+]=NCC(O)CN1CCN(CC(=O)O)CCN(CC(=O)O)CCN(CC(=O)O)CC1. The molecule has 35 heteroatoms. The van der Waals surface area contributed by atoms with Gasteiger partial charge < -0.3 is 51.1 Å². The maximum atomic E-state index is 11.4. The van der Waals surface area contributed by atoms with Crippen LogP contribution < -0.4 is 0 Å². The monoisotopic (exact) mass is 1490 g/mol. The number of carboxylic acids is 8. The van der Waals surface area contributed by atoms with E-state index in [1.54, 1.807) is 35.6 Å². The second kappa shape index (κ2) is 48.9. The van der Waals surface area contributed by atoms with E-state index in [-0.39, 0.29) is 175 Å². The predicted molar refractivity (Wildman–Crippen MR) is 274 cm³/mol. The number of carbonyl (C=O) groups is 8. The summed E-state index contributed by atoms with van der Waals surface area (Å²) >= 11 is 0. The van der Waals surface area contributed by atoms with Crippen LogP contribution in [0.5, 0.6) is 0 Å². The van der Waals surface area contributed by atoms with Gasteiger partial charge in [-0.25, -0.2) is 4.68 Å². The third-order valence-corrected chi connectivity index (χ3v) is 11.8. The first kappa shape index (κ1) is 81.8. The molecule has 1 radical (unpaired) electrons. The van der Waals surface area contributed by atoms with Crippen molar-refractivity contribution in [3.8, 4) is 12.3 Å². The zero-order valence-electron chi connectivity index (χ0n) is 44.9. The van der Waals surface area contributed by atoms with Crippen molar-refractivity contribution in [1.82, 2.24) is 54.2 Å². The number of rotatable bonds is 27. The molecule has 10 N–H and O–H groups in total. The van der Waals surface area contributed by atoms with Crippen molar-refractivity contribution in [2.75, 3.05) is 164 Å². The smallest absolute Gasteiger partial charge is 0.317 e. The Bertz CT molecular complexity index is 2050. The number of nitrogens with zero attached hydrogens (tertiary/aromatic N) is 14. The Morgan fingerprint density at radius 2 is 0.802 bits per heavy atom. The third-order valence-electron chi connectivity index (χ3n) is 11.8. The minimum absolute atomic E-state index is 0. The zero-order chi connectivity index (χ0) is 58.4. The third kappa shape index (κ3) is 45.6. The number of carboxylic acid groups (broad SMARTS) is 8. The molecule has 0 saturated carbocycles. The molecule has 0 bridgehead atoms. The average Bonchev–Trinajstić information content (AvgIpc) is 3.78. The van der Waals surface area contributed by atoms with Gasteiger partial charge >= 0.3 is 47.8 Å². The number of aryl methyl sites for hydroxylation is 1. The number of azide groups is 1. The molecule has 32 nitrogen and oxygen atoms in total. The molecule has 0 spiro atoms. The first-order valence-corrected chi connectivity index (χ1v) is 25.2. The Morgan fingerprint density at radius 1 is 0.506 bits per heavy atom. The van der Waals surface area contributed by atoms with Gasteiger partial charge in [0.15, 0.2) is 0 Å². The number of hydrogen-bond acceptors (Lipinski definition) is 21. The van der Waals surface area contributed by atoms with Gasteiger partial charge in [0, 0.05) is 245 Å². The van der Waals surface area contributed by atoms with Crippen molar-refractivity contribution in [3.05, 3.63) is 22.3 Å². The van der Waals surface area contributed by atoms with Crippen LogP contribution in [0.4, 0.5) is 0 Å². The van der Waals surface area contributed by atoms with Crippen molar-refractivity contribution >= 4 is 47.8 Å². The van der Waals surface area contributed by atoms with Crippen LogP contribution in [-0.2, 0) is 68.4 Å². The summed E-state index contributed by atoms with van der Waals surface area (Å²) in [6.07, 6.45) is 7.02. The van der Waals surface area contributed by atoms with Gasteiger partial charge in [0.05, 0.1) is 70.3 Å². The molecule has 2 unspecified atom stereocenters. The van der Waals surface area contributed by atoms with Crippen LogP contribution >= 0.6 is 0 Å². The maximum Gasteiger partial charge on any atom is 0.317 e. The molecule has 81 heavy (non-hydrogen) atoms. The Morgan fingerprint density at radius 3 is 1.09 bits per heavy atom. The van der Waals surface area contributed by atoms with Crippen molar-refractivity contribution in [2.45, 2.75) is 57.3 Å². The van der Waals surface area contributed by atoms with Crippen LogP contribution in [0.25, 0.3) is 10.4 Å². The molecule has 0 aromatic carbocycles. The summed E-state index contributed by atoms with van der Waals surface area (Å²) in [7, 11) is 0. The van der Waals surface area contributed by atoms with E-state index in [1.807, 2.05) is 9.80 Å². The number of β-amino-alcohol motifs (C(OH)–C–C–N with tert-alkyl or cyclic N) is 2. The summed E-state index contributed by atoms with van der Waals surface area (Å²) in [6, 6.07) is 0. The molecule has 2 saturated heterocycles. The second-order valence-electron chi connectivity index (χ2n) is 18.5. The summed E-state index contributed by atoms with van der Waals surface area (Å²) in [5.74, 6) is -5.34. The molecule has 1 aromatic rings. The number of aliphatic hydroxyl groups is 2. The number of aliphatic carboxylic acids is 8. The summed E-state index contributed by atoms with van der Waals surface area (Å²) in [5.41, 5.74) is 9.04. The Hall–Kier alpha value is -3.46. The van der Waals surface area contributed by atoms with E-state index in [1.165, 1.54) is 4.68 Å². The van der Waals surface area contributed by atoms with E-state index in [4.69, 9.17) is 27.3 Å². The standard InChI is InChI=1S/C23H39N7O9.C17H31N7O7.C6H8O2.Cu.2Gd/c31-19(14-30-12-18(24-25-30)2-1-3-20(32)33)13-26-4-6-27(15-21(34)35)8-10-29(17-23(38)39)11-9-28(7-5-26)16-22(36)37;18-20-19-9-14(25)10-21-1-3-22(11-15(26)27)5-7-24(13-17(30)31)8-6-23(4-2-21)12-16(28)29;1-2-3-4-5-6(7)8;;;/h12,19,31H,1-11,13-17H2,(H,32,33)(H,34,35)(H,36,37)(H,38,39);14,25H,1-13H2,(H,26,27)(H,28,29)(H,30,31);1H,3-5H2,(H,7,8);;;. The molecule has 2 fully saturated rings. The van der Waals surface area contributed by atoms with Crippen LogP contribution in [0.1, 0.15) is 37.8 Å².